The Hall–Kier alpha value is -2.42. The number of Topliss-reactive ketones (excluding diaryl/α,β-unsaturated/α-hetero) is 1. The highest BCUT2D eigenvalue weighted by Gasteiger charge is 2.24. The number of carbonyl (C=O) groups excluding carboxylic acids is 1. The molecular formula is C15H10FNO. The quantitative estimate of drug-likeness (QED) is 0.772. The molecule has 1 aliphatic heterocycles. The maximum absolute atomic E-state index is 13.1. The zero-order valence-corrected chi connectivity index (χ0v) is 9.48. The van der Waals surface area contributed by atoms with Crippen molar-refractivity contribution in [3.05, 3.63) is 71.2 Å². The van der Waals surface area contributed by atoms with Crippen molar-refractivity contribution in [3.8, 4) is 0 Å². The largest absolute Gasteiger partial charge is 0.352 e. The molecule has 0 saturated carbocycles. The van der Waals surface area contributed by atoms with Gasteiger partial charge in [0.25, 0.3) is 0 Å². The van der Waals surface area contributed by atoms with E-state index in [0.29, 0.717) is 16.9 Å². The second-order valence-corrected chi connectivity index (χ2v) is 4.11. The van der Waals surface area contributed by atoms with E-state index < -0.39 is 0 Å². The third-order valence-corrected chi connectivity index (χ3v) is 2.85. The van der Waals surface area contributed by atoms with Gasteiger partial charge in [-0.3, -0.25) is 4.79 Å². The Kier molecular flexibility index (Phi) is 2.45. The van der Waals surface area contributed by atoms with Crippen molar-refractivity contribution in [2.45, 2.75) is 0 Å². The topological polar surface area (TPSA) is 29.1 Å². The van der Waals surface area contributed by atoms with Crippen molar-refractivity contribution in [1.82, 2.24) is 0 Å². The van der Waals surface area contributed by atoms with Crippen molar-refractivity contribution in [3.63, 3.8) is 0 Å². The van der Waals surface area contributed by atoms with Crippen LogP contribution in [0.2, 0.25) is 0 Å². The van der Waals surface area contributed by atoms with Crippen LogP contribution in [0.25, 0.3) is 6.08 Å². The van der Waals surface area contributed by atoms with Crippen molar-refractivity contribution < 1.29 is 9.18 Å². The molecule has 0 atom stereocenters. The van der Waals surface area contributed by atoms with Gasteiger partial charge in [0, 0.05) is 5.56 Å². The highest BCUT2D eigenvalue weighted by atomic mass is 19.1. The summed E-state index contributed by atoms with van der Waals surface area (Å²) < 4.78 is 13.1. The van der Waals surface area contributed by atoms with Gasteiger partial charge < -0.3 is 5.32 Å². The van der Waals surface area contributed by atoms with Crippen LogP contribution >= 0.6 is 0 Å². The maximum atomic E-state index is 13.1. The summed E-state index contributed by atoms with van der Waals surface area (Å²) >= 11 is 0. The predicted octanol–water partition coefficient (Wildman–Crippen LogP) is 3.48. The van der Waals surface area contributed by atoms with Crippen LogP contribution < -0.4 is 5.32 Å². The number of benzene rings is 2. The second-order valence-electron chi connectivity index (χ2n) is 4.11. The minimum absolute atomic E-state index is 0.103. The van der Waals surface area contributed by atoms with Crippen molar-refractivity contribution in [2.75, 3.05) is 5.32 Å². The van der Waals surface area contributed by atoms with Gasteiger partial charge in [-0.1, -0.05) is 30.3 Å². The monoisotopic (exact) mass is 239 g/mol. The molecule has 1 aliphatic rings. The fraction of sp³-hybridized carbons (Fsp3) is 0. The summed E-state index contributed by atoms with van der Waals surface area (Å²) in [6.07, 6.45) is 1.76. The molecule has 3 heteroatoms. The molecule has 0 spiro atoms. The van der Waals surface area contributed by atoms with Gasteiger partial charge >= 0.3 is 0 Å². The van der Waals surface area contributed by atoms with Crippen LogP contribution in [0.3, 0.4) is 0 Å². The Morgan fingerprint density at radius 2 is 1.83 bits per heavy atom. The van der Waals surface area contributed by atoms with Crippen molar-refractivity contribution in [1.29, 1.82) is 0 Å². The normalized spacial score (nSPS) is 15.6. The van der Waals surface area contributed by atoms with Gasteiger partial charge in [-0.2, -0.15) is 0 Å². The molecule has 0 unspecified atom stereocenters. The first-order valence-corrected chi connectivity index (χ1v) is 5.62. The third kappa shape index (κ3) is 1.80. The van der Waals surface area contributed by atoms with E-state index in [9.17, 15) is 9.18 Å². The van der Waals surface area contributed by atoms with Crippen LogP contribution in [0.5, 0.6) is 0 Å². The maximum Gasteiger partial charge on any atom is 0.211 e. The van der Waals surface area contributed by atoms with Gasteiger partial charge in [0.1, 0.15) is 5.82 Å². The first-order valence-electron chi connectivity index (χ1n) is 5.62. The van der Waals surface area contributed by atoms with E-state index in [1.54, 1.807) is 6.08 Å². The summed E-state index contributed by atoms with van der Waals surface area (Å²) in [5.74, 6) is -0.455. The number of fused-ring (bicyclic) bond motifs is 1. The number of hydrogen-bond acceptors (Lipinski definition) is 2. The van der Waals surface area contributed by atoms with E-state index in [0.717, 1.165) is 5.56 Å². The SMILES string of the molecule is O=C1/C(=C/c2ccccc2)Nc2cc(F)ccc21. The molecule has 0 fully saturated rings. The number of anilines is 1. The predicted molar refractivity (Wildman–Crippen MR) is 68.8 cm³/mol. The lowest BCUT2D eigenvalue weighted by Crippen LogP contribution is -1.99. The van der Waals surface area contributed by atoms with Gasteiger partial charge in [0.2, 0.25) is 5.78 Å². The molecule has 3 rings (SSSR count). The summed E-state index contributed by atoms with van der Waals surface area (Å²) in [5.41, 5.74) is 2.45. The molecule has 2 nitrogen and oxygen atoms in total. The van der Waals surface area contributed by atoms with Crippen LogP contribution in [-0.4, -0.2) is 5.78 Å². The molecule has 2 aromatic carbocycles. The molecule has 0 bridgehead atoms. The Morgan fingerprint density at radius 3 is 2.61 bits per heavy atom. The lowest BCUT2D eigenvalue weighted by atomic mass is 10.1. The molecular weight excluding hydrogens is 229 g/mol. The van der Waals surface area contributed by atoms with Crippen LogP contribution in [0.1, 0.15) is 15.9 Å². The number of halogens is 1. The summed E-state index contributed by atoms with van der Waals surface area (Å²) in [6.45, 7) is 0. The van der Waals surface area contributed by atoms with Crippen LogP contribution in [0.4, 0.5) is 10.1 Å². The van der Waals surface area contributed by atoms with Crippen molar-refractivity contribution >= 4 is 17.5 Å². The zero-order chi connectivity index (χ0) is 12.5. The molecule has 0 aromatic heterocycles. The average molecular weight is 239 g/mol. The highest BCUT2D eigenvalue weighted by molar-refractivity contribution is 6.20. The van der Waals surface area contributed by atoms with Gasteiger partial charge in [-0.25, -0.2) is 4.39 Å². The number of ketones is 1. The third-order valence-electron chi connectivity index (χ3n) is 2.85. The van der Waals surface area contributed by atoms with Gasteiger partial charge in [-0.15, -0.1) is 0 Å². The van der Waals surface area contributed by atoms with E-state index in [-0.39, 0.29) is 11.6 Å². The Balaban J connectivity index is 2.00. The molecule has 0 aliphatic carbocycles. The second kappa shape index (κ2) is 4.11. The molecule has 18 heavy (non-hydrogen) atoms. The van der Waals surface area contributed by atoms with Gasteiger partial charge in [0.15, 0.2) is 0 Å². The van der Waals surface area contributed by atoms with Crippen LogP contribution in [-0.2, 0) is 0 Å². The number of rotatable bonds is 1. The minimum atomic E-state index is -0.352. The van der Waals surface area contributed by atoms with Crippen LogP contribution in [0, 0.1) is 5.82 Å². The first-order chi connectivity index (χ1) is 8.74. The van der Waals surface area contributed by atoms with Gasteiger partial charge in [0.05, 0.1) is 11.4 Å². The Labute approximate surface area is 104 Å². The lowest BCUT2D eigenvalue weighted by molar-refractivity contribution is 0.104. The number of hydrogen-bond donors (Lipinski definition) is 1. The molecule has 0 saturated heterocycles. The average Bonchev–Trinajstić information content (AvgIpc) is 2.67. The Morgan fingerprint density at radius 1 is 1.06 bits per heavy atom. The van der Waals surface area contributed by atoms with E-state index in [4.69, 9.17) is 0 Å². The van der Waals surface area contributed by atoms with E-state index in [1.807, 2.05) is 30.3 Å². The number of allylic oxidation sites excluding steroid dienone is 1. The smallest absolute Gasteiger partial charge is 0.211 e. The summed E-state index contributed by atoms with van der Waals surface area (Å²) in [6, 6.07) is 13.7. The van der Waals surface area contributed by atoms with E-state index in [1.165, 1.54) is 18.2 Å². The van der Waals surface area contributed by atoms with Crippen LogP contribution in [0.15, 0.2) is 54.2 Å². The lowest BCUT2D eigenvalue weighted by Gasteiger charge is -1.98. The molecule has 0 amide bonds. The standard InChI is InChI=1S/C15H10FNO/c16-11-6-7-12-13(9-11)17-14(15(12)18)8-10-4-2-1-3-5-10/h1-9,17H/b14-8-. The minimum Gasteiger partial charge on any atom is -0.352 e. The molecule has 1 heterocycles. The first kappa shape index (κ1) is 10.7. The van der Waals surface area contributed by atoms with E-state index >= 15 is 0 Å². The summed E-state index contributed by atoms with van der Waals surface area (Å²) in [4.78, 5) is 12.1. The molecule has 1 N–H and O–H groups in total. The zero-order valence-electron chi connectivity index (χ0n) is 9.48. The number of nitrogens with one attached hydrogen (secondary N) is 1. The van der Waals surface area contributed by atoms with Gasteiger partial charge in [-0.05, 0) is 29.8 Å². The Bertz CT molecular complexity index is 647. The fourth-order valence-electron chi connectivity index (χ4n) is 1.98. The number of carbonyl (C=O) groups is 1. The molecule has 2 aromatic rings. The fourth-order valence-corrected chi connectivity index (χ4v) is 1.98. The highest BCUT2D eigenvalue weighted by Crippen LogP contribution is 2.29. The molecule has 0 radical (unpaired) electrons. The van der Waals surface area contributed by atoms with E-state index in [2.05, 4.69) is 5.32 Å². The summed E-state index contributed by atoms with van der Waals surface area (Å²) in [7, 11) is 0. The summed E-state index contributed by atoms with van der Waals surface area (Å²) in [5, 5.41) is 2.95. The molecule has 88 valence electrons. The van der Waals surface area contributed by atoms with Crippen molar-refractivity contribution in [2.24, 2.45) is 0 Å².